The van der Waals surface area contributed by atoms with Gasteiger partial charge in [-0.25, -0.2) is 18.1 Å². The van der Waals surface area contributed by atoms with Crippen molar-refractivity contribution in [1.29, 1.82) is 0 Å². The molecule has 1 saturated carbocycles. The number of hydrogen-bond acceptors (Lipinski definition) is 4. The number of halogens is 1. The number of nitrogens with one attached hydrogen (secondary N) is 1. The highest BCUT2D eigenvalue weighted by atomic mass is 35.5. The molecule has 2 heterocycles. The van der Waals surface area contributed by atoms with E-state index in [1.54, 1.807) is 6.07 Å². The van der Waals surface area contributed by atoms with Gasteiger partial charge in [-0.05, 0) is 38.0 Å². The molecule has 8 heteroatoms. The predicted octanol–water partition coefficient (Wildman–Crippen LogP) is 5.00. The quantitative estimate of drug-likeness (QED) is 0.613. The molecule has 2 aromatic heterocycles. The van der Waals surface area contributed by atoms with Crippen LogP contribution in [0.25, 0.3) is 22.0 Å². The normalized spacial score (nSPS) is 15.4. The Morgan fingerprint density at radius 2 is 2.00 bits per heavy atom. The maximum absolute atomic E-state index is 12.9. The number of rotatable bonds is 5. The molecule has 0 bridgehead atoms. The van der Waals surface area contributed by atoms with Crippen molar-refractivity contribution in [3.8, 4) is 22.0 Å². The van der Waals surface area contributed by atoms with Crippen LogP contribution in [0.15, 0.2) is 40.6 Å². The molecule has 0 radical (unpaired) electrons. The van der Waals surface area contributed by atoms with Gasteiger partial charge in [0.1, 0.15) is 9.90 Å². The van der Waals surface area contributed by atoms with E-state index >= 15 is 0 Å². The molecule has 148 valence electrons. The van der Waals surface area contributed by atoms with Crippen LogP contribution in [-0.4, -0.2) is 24.0 Å². The average molecular weight is 436 g/mol. The molecule has 0 spiro atoms. The Balaban J connectivity index is 1.67. The summed E-state index contributed by atoms with van der Waals surface area (Å²) in [4.78, 5) is 5.05. The van der Waals surface area contributed by atoms with Crippen LogP contribution in [0.5, 0.6) is 0 Å². The molecule has 0 amide bonds. The van der Waals surface area contributed by atoms with Gasteiger partial charge >= 0.3 is 0 Å². The standard InChI is InChI=1S/C20H22ClN3O2S2/c1-13-19(28(25,26)23-16-8-3-4-9-16)11-18(24(13)2)20-22-17(12-27-20)14-6-5-7-15(21)10-14/h5-7,10-12,16,23H,3-4,8-9H2,1-2H3. The van der Waals surface area contributed by atoms with Crippen molar-refractivity contribution in [2.24, 2.45) is 7.05 Å². The third-order valence-electron chi connectivity index (χ3n) is 5.30. The van der Waals surface area contributed by atoms with Gasteiger partial charge in [-0.2, -0.15) is 0 Å². The molecule has 4 rings (SSSR count). The maximum Gasteiger partial charge on any atom is 0.242 e. The Morgan fingerprint density at radius 1 is 1.25 bits per heavy atom. The fourth-order valence-electron chi connectivity index (χ4n) is 3.65. The molecule has 0 atom stereocenters. The molecular weight excluding hydrogens is 414 g/mol. The molecule has 5 nitrogen and oxygen atoms in total. The summed E-state index contributed by atoms with van der Waals surface area (Å²) in [5.74, 6) is 0. The highest BCUT2D eigenvalue weighted by Crippen LogP contribution is 2.33. The Hall–Kier alpha value is -1.67. The monoisotopic (exact) mass is 435 g/mol. The van der Waals surface area contributed by atoms with Crippen molar-refractivity contribution in [2.75, 3.05) is 0 Å². The summed E-state index contributed by atoms with van der Waals surface area (Å²) in [7, 11) is -1.67. The van der Waals surface area contributed by atoms with Crippen molar-refractivity contribution < 1.29 is 8.42 Å². The maximum atomic E-state index is 12.9. The summed E-state index contributed by atoms with van der Waals surface area (Å²) in [5, 5.41) is 3.41. The second kappa shape index (κ2) is 7.63. The van der Waals surface area contributed by atoms with E-state index in [-0.39, 0.29) is 6.04 Å². The van der Waals surface area contributed by atoms with Crippen LogP contribution in [0, 0.1) is 6.92 Å². The Kier molecular flexibility index (Phi) is 5.35. The Labute approximate surface area is 174 Å². The lowest BCUT2D eigenvalue weighted by Gasteiger charge is -2.12. The van der Waals surface area contributed by atoms with Gasteiger partial charge in [-0.15, -0.1) is 11.3 Å². The van der Waals surface area contributed by atoms with Crippen molar-refractivity contribution in [2.45, 2.75) is 43.5 Å². The van der Waals surface area contributed by atoms with Gasteiger partial charge in [-0.3, -0.25) is 0 Å². The number of nitrogens with zero attached hydrogens (tertiary/aromatic N) is 2. The van der Waals surface area contributed by atoms with Gasteiger partial charge in [0.2, 0.25) is 10.0 Å². The fraction of sp³-hybridized carbons (Fsp3) is 0.350. The third-order valence-corrected chi connectivity index (χ3v) is 8.03. The van der Waals surface area contributed by atoms with Crippen molar-refractivity contribution in [1.82, 2.24) is 14.3 Å². The summed E-state index contributed by atoms with van der Waals surface area (Å²) >= 11 is 7.58. The van der Waals surface area contributed by atoms with Gasteiger partial charge in [-0.1, -0.05) is 36.6 Å². The summed E-state index contributed by atoms with van der Waals surface area (Å²) in [6, 6.07) is 9.33. The van der Waals surface area contributed by atoms with Crippen LogP contribution in [-0.2, 0) is 17.1 Å². The van der Waals surface area contributed by atoms with E-state index in [0.29, 0.717) is 15.6 Å². The predicted molar refractivity (Wildman–Crippen MR) is 114 cm³/mol. The largest absolute Gasteiger partial charge is 0.345 e. The number of sulfonamides is 1. The second-order valence-corrected chi connectivity index (χ2v) is 10.2. The zero-order valence-corrected chi connectivity index (χ0v) is 18.2. The van der Waals surface area contributed by atoms with E-state index < -0.39 is 10.0 Å². The molecule has 0 aliphatic heterocycles. The summed E-state index contributed by atoms with van der Waals surface area (Å²) in [6.07, 6.45) is 3.98. The molecule has 3 aromatic rings. The van der Waals surface area contributed by atoms with E-state index in [4.69, 9.17) is 16.6 Å². The number of aromatic nitrogens is 2. The van der Waals surface area contributed by atoms with Crippen molar-refractivity contribution >= 4 is 33.0 Å². The highest BCUT2D eigenvalue weighted by molar-refractivity contribution is 7.89. The van der Waals surface area contributed by atoms with Gasteiger partial charge in [0, 0.05) is 34.7 Å². The SMILES string of the molecule is Cc1c(S(=O)(=O)NC2CCCC2)cc(-c2nc(-c3cccc(Cl)c3)cs2)n1C. The van der Waals surface area contributed by atoms with Crippen LogP contribution < -0.4 is 4.72 Å². The molecule has 1 aliphatic carbocycles. The summed E-state index contributed by atoms with van der Waals surface area (Å²) in [5.41, 5.74) is 3.27. The van der Waals surface area contributed by atoms with Gasteiger partial charge in [0.25, 0.3) is 0 Å². The molecule has 28 heavy (non-hydrogen) atoms. The lowest BCUT2D eigenvalue weighted by molar-refractivity contribution is 0.551. The first-order valence-electron chi connectivity index (χ1n) is 9.25. The lowest BCUT2D eigenvalue weighted by atomic mass is 10.2. The molecule has 1 aliphatic rings. The van der Waals surface area contributed by atoms with Gasteiger partial charge < -0.3 is 4.57 Å². The van der Waals surface area contributed by atoms with E-state index in [0.717, 1.165) is 47.6 Å². The first-order chi connectivity index (χ1) is 13.3. The van der Waals surface area contributed by atoms with Gasteiger partial charge in [0.05, 0.1) is 11.4 Å². The molecule has 1 fully saturated rings. The van der Waals surface area contributed by atoms with Crippen LogP contribution in [0.3, 0.4) is 0 Å². The smallest absolute Gasteiger partial charge is 0.242 e. The summed E-state index contributed by atoms with van der Waals surface area (Å²) < 4.78 is 30.6. The number of thiazole rings is 1. The van der Waals surface area contributed by atoms with E-state index in [9.17, 15) is 8.42 Å². The Bertz CT molecular complexity index is 1110. The molecule has 1 aromatic carbocycles. The van der Waals surface area contributed by atoms with E-state index in [1.165, 1.54) is 11.3 Å². The average Bonchev–Trinajstić information content (AvgIpc) is 3.37. The van der Waals surface area contributed by atoms with Gasteiger partial charge in [0.15, 0.2) is 0 Å². The minimum Gasteiger partial charge on any atom is -0.345 e. The van der Waals surface area contributed by atoms with E-state index in [2.05, 4.69) is 4.72 Å². The molecule has 0 unspecified atom stereocenters. The van der Waals surface area contributed by atoms with E-state index in [1.807, 2.05) is 48.2 Å². The number of benzene rings is 1. The second-order valence-electron chi connectivity index (χ2n) is 7.19. The zero-order chi connectivity index (χ0) is 19.9. The number of hydrogen-bond donors (Lipinski definition) is 1. The first kappa shape index (κ1) is 19.6. The fourth-order valence-corrected chi connectivity index (χ4v) is 6.31. The Morgan fingerprint density at radius 3 is 2.71 bits per heavy atom. The minimum atomic E-state index is -3.55. The van der Waals surface area contributed by atoms with Crippen molar-refractivity contribution in [3.05, 3.63) is 46.4 Å². The summed E-state index contributed by atoms with van der Waals surface area (Å²) in [6.45, 7) is 1.83. The minimum absolute atomic E-state index is 0.0438. The van der Waals surface area contributed by atoms with Crippen LogP contribution in [0.2, 0.25) is 5.02 Å². The lowest BCUT2D eigenvalue weighted by Crippen LogP contribution is -2.32. The first-order valence-corrected chi connectivity index (χ1v) is 12.0. The molecule has 0 saturated heterocycles. The van der Waals surface area contributed by atoms with Crippen LogP contribution >= 0.6 is 22.9 Å². The molecule has 1 N–H and O–H groups in total. The van der Waals surface area contributed by atoms with Crippen LogP contribution in [0.1, 0.15) is 31.4 Å². The third kappa shape index (κ3) is 3.76. The highest BCUT2D eigenvalue weighted by Gasteiger charge is 2.27. The topological polar surface area (TPSA) is 64.0 Å². The van der Waals surface area contributed by atoms with Crippen LogP contribution in [0.4, 0.5) is 0 Å². The molecular formula is C20H22ClN3O2S2. The van der Waals surface area contributed by atoms with Crippen molar-refractivity contribution in [3.63, 3.8) is 0 Å². The zero-order valence-electron chi connectivity index (χ0n) is 15.8.